The van der Waals surface area contributed by atoms with Crippen molar-refractivity contribution in [2.24, 2.45) is 4.99 Å². The van der Waals surface area contributed by atoms with Crippen LogP contribution in [-0.2, 0) is 0 Å². The highest BCUT2D eigenvalue weighted by atomic mass is 35.5. The van der Waals surface area contributed by atoms with Crippen LogP contribution in [-0.4, -0.2) is 23.6 Å². The van der Waals surface area contributed by atoms with Gasteiger partial charge in [-0.25, -0.2) is 0 Å². The predicted molar refractivity (Wildman–Crippen MR) is 109 cm³/mol. The SMILES string of the molecule is CCCCCCCCN=C1C=C(NCCCCCCCC)NN(Cl)N1. The first-order valence-corrected chi connectivity index (χ1v) is 10.6. The smallest absolute Gasteiger partial charge is 0.141 e. The number of hydrogen-bond donors (Lipinski definition) is 3. The second kappa shape index (κ2) is 15.3. The lowest BCUT2D eigenvalue weighted by Crippen LogP contribution is -2.50. The van der Waals surface area contributed by atoms with Gasteiger partial charge in [0.25, 0.3) is 0 Å². The van der Waals surface area contributed by atoms with Crippen molar-refractivity contribution >= 4 is 17.6 Å². The molecule has 0 saturated carbocycles. The van der Waals surface area contributed by atoms with Gasteiger partial charge >= 0.3 is 0 Å². The molecule has 1 aliphatic rings. The van der Waals surface area contributed by atoms with E-state index in [1.807, 2.05) is 6.08 Å². The number of nitrogens with zero attached hydrogens (tertiary/aromatic N) is 2. The molecule has 0 amide bonds. The summed E-state index contributed by atoms with van der Waals surface area (Å²) < 4.78 is 1.34. The number of amidine groups is 1. The molecule has 1 rings (SSSR count). The van der Waals surface area contributed by atoms with Gasteiger partial charge in [-0.15, -0.1) is 0 Å². The zero-order valence-electron chi connectivity index (χ0n) is 16.2. The number of unbranched alkanes of at least 4 members (excludes halogenated alkanes) is 10. The van der Waals surface area contributed by atoms with E-state index in [1.165, 1.54) is 75.3 Å². The lowest BCUT2D eigenvalue weighted by Gasteiger charge is -2.25. The summed E-state index contributed by atoms with van der Waals surface area (Å²) in [6, 6.07) is 0. The molecule has 0 radical (unpaired) electrons. The molecule has 0 fully saturated rings. The molecular weight excluding hydrogens is 334 g/mol. The normalized spacial score (nSPS) is 16.4. The maximum atomic E-state index is 6.05. The Balaban J connectivity index is 2.19. The number of rotatable bonds is 15. The topological polar surface area (TPSA) is 51.7 Å². The van der Waals surface area contributed by atoms with Gasteiger partial charge in [0, 0.05) is 30.9 Å². The van der Waals surface area contributed by atoms with Crippen LogP contribution in [0.5, 0.6) is 0 Å². The van der Waals surface area contributed by atoms with Crippen LogP contribution < -0.4 is 16.2 Å². The Kier molecular flexibility index (Phi) is 13.5. The van der Waals surface area contributed by atoms with E-state index in [4.69, 9.17) is 11.8 Å². The monoisotopic (exact) mass is 371 g/mol. The van der Waals surface area contributed by atoms with E-state index in [0.717, 1.165) is 31.2 Å². The molecule has 146 valence electrons. The number of aliphatic imine (C=N–C) groups is 1. The van der Waals surface area contributed by atoms with Crippen molar-refractivity contribution in [3.05, 3.63) is 11.9 Å². The Morgan fingerprint density at radius 3 is 2.16 bits per heavy atom. The van der Waals surface area contributed by atoms with Gasteiger partial charge in [0.15, 0.2) is 0 Å². The van der Waals surface area contributed by atoms with E-state index in [-0.39, 0.29) is 0 Å². The van der Waals surface area contributed by atoms with Gasteiger partial charge in [0.2, 0.25) is 0 Å². The third-order valence-electron chi connectivity index (χ3n) is 4.35. The molecule has 25 heavy (non-hydrogen) atoms. The lowest BCUT2D eigenvalue weighted by molar-refractivity contribution is 0.313. The van der Waals surface area contributed by atoms with Gasteiger partial charge in [-0.2, -0.15) is 0 Å². The standard InChI is InChI=1S/C19H38ClN5/c1-3-5-7-9-11-13-15-21-18-17-19(24-25(20)23-18)22-16-14-12-10-8-6-4-2/h17,21,23H,3-16H2,1-2H3,(H,22,24). The highest BCUT2D eigenvalue weighted by Gasteiger charge is 2.12. The minimum Gasteiger partial charge on any atom is -0.371 e. The fraction of sp³-hybridized carbons (Fsp3) is 0.842. The predicted octanol–water partition coefficient (Wildman–Crippen LogP) is 5.02. The zero-order chi connectivity index (χ0) is 18.2. The Hall–Kier alpha value is -0.940. The van der Waals surface area contributed by atoms with E-state index in [0.29, 0.717) is 0 Å². The summed E-state index contributed by atoms with van der Waals surface area (Å²) in [5.74, 6) is 1.72. The number of hydrazine groups is 2. The Bertz CT molecular complexity index is 384. The van der Waals surface area contributed by atoms with Gasteiger partial charge in [-0.1, -0.05) is 78.1 Å². The van der Waals surface area contributed by atoms with E-state index in [9.17, 15) is 0 Å². The van der Waals surface area contributed by atoms with Crippen LogP contribution >= 0.6 is 11.8 Å². The molecule has 0 saturated heterocycles. The Labute approximate surface area is 159 Å². The van der Waals surface area contributed by atoms with Crippen LogP contribution in [0.2, 0.25) is 0 Å². The summed E-state index contributed by atoms with van der Waals surface area (Å²) in [6.45, 7) is 6.30. The fourth-order valence-electron chi connectivity index (χ4n) is 2.83. The second-order valence-corrected chi connectivity index (χ2v) is 7.13. The van der Waals surface area contributed by atoms with Crippen molar-refractivity contribution in [1.29, 1.82) is 0 Å². The van der Waals surface area contributed by atoms with Crippen LogP contribution in [0.1, 0.15) is 90.9 Å². The van der Waals surface area contributed by atoms with Gasteiger partial charge in [-0.3, -0.25) is 15.8 Å². The fourth-order valence-corrected chi connectivity index (χ4v) is 3.00. The van der Waals surface area contributed by atoms with E-state index < -0.39 is 0 Å². The van der Waals surface area contributed by atoms with Crippen molar-refractivity contribution in [2.75, 3.05) is 13.1 Å². The average Bonchev–Trinajstić information content (AvgIpc) is 2.60. The molecule has 5 nitrogen and oxygen atoms in total. The van der Waals surface area contributed by atoms with E-state index in [1.54, 1.807) is 0 Å². The maximum Gasteiger partial charge on any atom is 0.141 e. The summed E-state index contributed by atoms with van der Waals surface area (Å²) in [7, 11) is 0. The van der Waals surface area contributed by atoms with Gasteiger partial charge in [-0.05, 0) is 17.5 Å². The molecule has 0 spiro atoms. The van der Waals surface area contributed by atoms with Crippen molar-refractivity contribution in [2.45, 2.75) is 90.9 Å². The first-order chi connectivity index (χ1) is 12.3. The summed E-state index contributed by atoms with van der Waals surface area (Å²) in [5, 5.41) is 3.40. The average molecular weight is 372 g/mol. The first kappa shape index (κ1) is 22.1. The highest BCUT2D eigenvalue weighted by Crippen LogP contribution is 2.06. The Morgan fingerprint density at radius 1 is 0.880 bits per heavy atom. The first-order valence-electron chi connectivity index (χ1n) is 10.3. The molecule has 0 aromatic heterocycles. The van der Waals surface area contributed by atoms with E-state index in [2.05, 4.69) is 35.0 Å². The molecule has 1 aliphatic heterocycles. The van der Waals surface area contributed by atoms with Crippen molar-refractivity contribution < 1.29 is 0 Å². The summed E-state index contributed by atoms with van der Waals surface area (Å²) >= 11 is 6.05. The van der Waals surface area contributed by atoms with Gasteiger partial charge in [0.05, 0.1) is 0 Å². The van der Waals surface area contributed by atoms with Crippen LogP contribution in [0.4, 0.5) is 0 Å². The molecule has 0 bridgehead atoms. The quantitative estimate of drug-likeness (QED) is 0.279. The maximum absolute atomic E-state index is 6.05. The molecule has 0 aromatic carbocycles. The van der Waals surface area contributed by atoms with Gasteiger partial charge in [0.1, 0.15) is 11.7 Å². The minimum atomic E-state index is 0.813. The molecule has 6 heteroatoms. The molecule has 0 atom stereocenters. The van der Waals surface area contributed by atoms with Crippen LogP contribution in [0, 0.1) is 0 Å². The zero-order valence-corrected chi connectivity index (χ0v) is 17.0. The second-order valence-electron chi connectivity index (χ2n) is 6.79. The molecular formula is C19H38ClN5. The molecule has 3 N–H and O–H groups in total. The highest BCUT2D eigenvalue weighted by molar-refractivity contribution is 6.14. The summed E-state index contributed by atoms with van der Waals surface area (Å²) in [6.07, 6.45) is 17.5. The van der Waals surface area contributed by atoms with Gasteiger partial charge < -0.3 is 5.32 Å². The summed E-state index contributed by atoms with van der Waals surface area (Å²) in [4.78, 5) is 4.60. The van der Waals surface area contributed by atoms with Crippen LogP contribution in [0.3, 0.4) is 0 Å². The lowest BCUT2D eigenvalue weighted by atomic mass is 10.1. The van der Waals surface area contributed by atoms with Crippen molar-refractivity contribution in [3.63, 3.8) is 0 Å². The summed E-state index contributed by atoms with van der Waals surface area (Å²) in [5.41, 5.74) is 6.04. The number of halogens is 1. The Morgan fingerprint density at radius 2 is 1.48 bits per heavy atom. The molecule has 0 aromatic rings. The van der Waals surface area contributed by atoms with Crippen LogP contribution in [0.25, 0.3) is 0 Å². The third-order valence-corrected chi connectivity index (χ3v) is 4.52. The molecule has 1 heterocycles. The molecule has 0 unspecified atom stereocenters. The minimum absolute atomic E-state index is 0.813. The van der Waals surface area contributed by atoms with Crippen molar-refractivity contribution in [3.8, 4) is 0 Å². The largest absolute Gasteiger partial charge is 0.371 e. The van der Waals surface area contributed by atoms with Crippen molar-refractivity contribution in [1.82, 2.24) is 20.8 Å². The van der Waals surface area contributed by atoms with Crippen LogP contribution in [0.15, 0.2) is 16.9 Å². The number of nitrogens with one attached hydrogen (secondary N) is 3. The molecule has 0 aliphatic carbocycles. The number of hydrogen-bond acceptors (Lipinski definition) is 4. The third kappa shape index (κ3) is 12.1. The van der Waals surface area contributed by atoms with E-state index >= 15 is 0 Å².